The van der Waals surface area contributed by atoms with Crippen LogP contribution in [0.1, 0.15) is 11.1 Å². The first-order valence-electron chi connectivity index (χ1n) is 6.84. The van der Waals surface area contributed by atoms with Crippen LogP contribution in [0.15, 0.2) is 53.4 Å². The van der Waals surface area contributed by atoms with Crippen molar-refractivity contribution in [3.8, 4) is 0 Å². The van der Waals surface area contributed by atoms with Crippen LogP contribution in [0.4, 0.5) is 5.69 Å². The van der Waals surface area contributed by atoms with Gasteiger partial charge in [-0.1, -0.05) is 35.9 Å². The lowest BCUT2D eigenvalue weighted by molar-refractivity contribution is 0.270. The van der Waals surface area contributed by atoms with E-state index >= 15 is 0 Å². The van der Waals surface area contributed by atoms with Gasteiger partial charge in [0.25, 0.3) is 10.0 Å². The molecule has 0 radical (unpaired) electrons. The Morgan fingerprint density at radius 3 is 2.48 bits per heavy atom. The number of hydrogen-bond acceptors (Lipinski definition) is 3. The normalized spacial score (nSPS) is 17.8. The zero-order chi connectivity index (χ0) is 15.0. The third-order valence-corrected chi connectivity index (χ3v) is 5.69. The Morgan fingerprint density at radius 1 is 1.14 bits per heavy atom. The van der Waals surface area contributed by atoms with Crippen LogP contribution in [0, 0.1) is 6.92 Å². The van der Waals surface area contributed by atoms with Gasteiger partial charge in [0, 0.05) is 0 Å². The highest BCUT2D eigenvalue weighted by Crippen LogP contribution is 2.36. The van der Waals surface area contributed by atoms with Crippen molar-refractivity contribution in [2.45, 2.75) is 24.3 Å². The lowest BCUT2D eigenvalue weighted by Gasteiger charge is -2.25. The summed E-state index contributed by atoms with van der Waals surface area (Å²) in [6, 6.07) is 13.7. The van der Waals surface area contributed by atoms with E-state index in [1.54, 1.807) is 30.3 Å². The van der Waals surface area contributed by atoms with Crippen LogP contribution in [0.3, 0.4) is 0 Å². The molecule has 1 aliphatic heterocycles. The molecule has 0 bridgehead atoms. The minimum absolute atomic E-state index is 0.195. The first-order valence-corrected chi connectivity index (χ1v) is 8.28. The fraction of sp³-hybridized carbons (Fsp3) is 0.250. The number of fused-ring (bicyclic) bond motifs is 1. The van der Waals surface area contributed by atoms with Crippen molar-refractivity contribution in [1.29, 1.82) is 0 Å². The Labute approximate surface area is 124 Å². The van der Waals surface area contributed by atoms with Gasteiger partial charge in [0.1, 0.15) is 0 Å². The van der Waals surface area contributed by atoms with Gasteiger partial charge in [0.2, 0.25) is 0 Å². The summed E-state index contributed by atoms with van der Waals surface area (Å²) in [5, 5.41) is 9.56. The number of rotatable bonds is 3. The third kappa shape index (κ3) is 2.32. The van der Waals surface area contributed by atoms with Crippen molar-refractivity contribution in [2.24, 2.45) is 0 Å². The fourth-order valence-corrected chi connectivity index (χ4v) is 4.40. The zero-order valence-corrected chi connectivity index (χ0v) is 12.5. The van der Waals surface area contributed by atoms with Crippen LogP contribution in [-0.4, -0.2) is 26.2 Å². The SMILES string of the molecule is Cc1ccc(S(=O)(=O)N2c3ccccc3CC2CO)cc1. The first-order chi connectivity index (χ1) is 10.0. The molecule has 4 nitrogen and oxygen atoms in total. The molecular formula is C16H17NO3S. The summed E-state index contributed by atoms with van der Waals surface area (Å²) in [6.45, 7) is 1.72. The molecule has 1 aliphatic rings. The minimum Gasteiger partial charge on any atom is -0.394 e. The molecule has 1 unspecified atom stereocenters. The molecule has 110 valence electrons. The predicted octanol–water partition coefficient (Wildman–Crippen LogP) is 2.11. The van der Waals surface area contributed by atoms with Crippen LogP contribution in [0.2, 0.25) is 0 Å². The van der Waals surface area contributed by atoms with Crippen LogP contribution in [0.5, 0.6) is 0 Å². The summed E-state index contributed by atoms with van der Waals surface area (Å²) in [5.41, 5.74) is 2.62. The van der Waals surface area contributed by atoms with Gasteiger partial charge >= 0.3 is 0 Å². The quantitative estimate of drug-likeness (QED) is 0.945. The number of hydrogen-bond donors (Lipinski definition) is 1. The number of sulfonamides is 1. The van der Waals surface area contributed by atoms with Crippen LogP contribution in [0.25, 0.3) is 0 Å². The van der Waals surface area contributed by atoms with Gasteiger partial charge in [0.05, 0.1) is 23.2 Å². The van der Waals surface area contributed by atoms with Gasteiger partial charge in [-0.25, -0.2) is 8.42 Å². The van der Waals surface area contributed by atoms with E-state index in [1.807, 2.05) is 25.1 Å². The zero-order valence-electron chi connectivity index (χ0n) is 11.7. The van der Waals surface area contributed by atoms with Gasteiger partial charge < -0.3 is 5.11 Å². The summed E-state index contributed by atoms with van der Waals surface area (Å²) >= 11 is 0. The summed E-state index contributed by atoms with van der Waals surface area (Å²) in [4.78, 5) is 0.253. The van der Waals surface area contributed by atoms with Crippen molar-refractivity contribution >= 4 is 15.7 Å². The summed E-state index contributed by atoms with van der Waals surface area (Å²) in [7, 11) is -3.66. The molecule has 1 N–H and O–H groups in total. The first kappa shape index (κ1) is 14.1. The molecular weight excluding hydrogens is 286 g/mol. The molecule has 3 rings (SSSR count). The highest BCUT2D eigenvalue weighted by Gasteiger charge is 2.37. The minimum atomic E-state index is -3.66. The molecule has 0 saturated carbocycles. The molecule has 1 atom stereocenters. The third-order valence-electron chi connectivity index (χ3n) is 3.80. The highest BCUT2D eigenvalue weighted by molar-refractivity contribution is 7.92. The highest BCUT2D eigenvalue weighted by atomic mass is 32.2. The average molecular weight is 303 g/mol. The van der Waals surface area contributed by atoms with E-state index < -0.39 is 16.1 Å². The molecule has 0 spiro atoms. The maximum Gasteiger partial charge on any atom is 0.264 e. The number of para-hydroxylation sites is 1. The van der Waals surface area contributed by atoms with Crippen molar-refractivity contribution < 1.29 is 13.5 Å². The molecule has 0 saturated heterocycles. The Morgan fingerprint density at radius 2 is 1.81 bits per heavy atom. The molecule has 21 heavy (non-hydrogen) atoms. The van der Waals surface area contributed by atoms with E-state index in [9.17, 15) is 13.5 Å². The average Bonchev–Trinajstić information content (AvgIpc) is 2.87. The molecule has 0 aliphatic carbocycles. The van der Waals surface area contributed by atoms with E-state index in [0.29, 0.717) is 12.1 Å². The van der Waals surface area contributed by atoms with Crippen LogP contribution in [-0.2, 0) is 16.4 Å². The lowest BCUT2D eigenvalue weighted by atomic mass is 10.1. The Kier molecular flexibility index (Phi) is 3.47. The number of benzene rings is 2. The summed E-state index contributed by atoms with van der Waals surface area (Å²) in [6.07, 6.45) is 0.539. The van der Waals surface area contributed by atoms with Gasteiger partial charge in [0.15, 0.2) is 0 Å². The van der Waals surface area contributed by atoms with Crippen molar-refractivity contribution in [3.05, 3.63) is 59.7 Å². The Bertz CT molecular complexity index is 753. The summed E-state index contributed by atoms with van der Waals surface area (Å²) in [5.74, 6) is 0. The summed E-state index contributed by atoms with van der Waals surface area (Å²) < 4.78 is 27.1. The Hall–Kier alpha value is -1.85. The molecule has 1 heterocycles. The lowest BCUT2D eigenvalue weighted by Crippen LogP contribution is -2.39. The number of aryl methyl sites for hydroxylation is 1. The van der Waals surface area contributed by atoms with E-state index in [0.717, 1.165) is 11.1 Å². The topological polar surface area (TPSA) is 57.6 Å². The molecule has 0 amide bonds. The fourth-order valence-electron chi connectivity index (χ4n) is 2.72. The van der Waals surface area contributed by atoms with E-state index in [2.05, 4.69) is 0 Å². The van der Waals surface area contributed by atoms with E-state index in [4.69, 9.17) is 0 Å². The predicted molar refractivity (Wildman–Crippen MR) is 81.9 cm³/mol. The molecule has 2 aromatic rings. The number of anilines is 1. The van der Waals surface area contributed by atoms with E-state index in [1.165, 1.54) is 4.31 Å². The van der Waals surface area contributed by atoms with Gasteiger partial charge in [-0.3, -0.25) is 4.31 Å². The van der Waals surface area contributed by atoms with E-state index in [-0.39, 0.29) is 11.5 Å². The molecule has 0 aromatic heterocycles. The molecule has 5 heteroatoms. The second kappa shape index (κ2) is 5.16. The van der Waals surface area contributed by atoms with Crippen molar-refractivity contribution in [3.63, 3.8) is 0 Å². The second-order valence-electron chi connectivity index (χ2n) is 5.28. The van der Waals surface area contributed by atoms with Crippen molar-refractivity contribution in [2.75, 3.05) is 10.9 Å². The van der Waals surface area contributed by atoms with Gasteiger partial charge in [-0.05, 0) is 37.1 Å². The van der Waals surface area contributed by atoms with Crippen LogP contribution >= 0.6 is 0 Å². The van der Waals surface area contributed by atoms with Gasteiger partial charge in [-0.15, -0.1) is 0 Å². The number of aliphatic hydroxyl groups is 1. The number of nitrogens with zero attached hydrogens (tertiary/aromatic N) is 1. The molecule has 0 fully saturated rings. The molecule has 2 aromatic carbocycles. The van der Waals surface area contributed by atoms with Crippen molar-refractivity contribution in [1.82, 2.24) is 0 Å². The monoisotopic (exact) mass is 303 g/mol. The Balaban J connectivity index is 2.11. The maximum atomic E-state index is 12.9. The maximum absolute atomic E-state index is 12.9. The van der Waals surface area contributed by atoms with Crippen LogP contribution < -0.4 is 4.31 Å². The second-order valence-corrected chi connectivity index (χ2v) is 7.10. The standard InChI is InChI=1S/C16H17NO3S/c1-12-6-8-15(9-7-12)21(19,20)17-14(11-18)10-13-4-2-3-5-16(13)17/h2-9,14,18H,10-11H2,1H3. The van der Waals surface area contributed by atoms with Gasteiger partial charge in [-0.2, -0.15) is 0 Å². The smallest absolute Gasteiger partial charge is 0.264 e. The number of aliphatic hydroxyl groups excluding tert-OH is 1. The largest absolute Gasteiger partial charge is 0.394 e.